The number of benzene rings is 1. The van der Waals surface area contributed by atoms with Crippen LogP contribution in [0.3, 0.4) is 0 Å². The Morgan fingerprint density at radius 1 is 1.24 bits per heavy atom. The second kappa shape index (κ2) is 6.16. The Kier molecular flexibility index (Phi) is 4.69. The van der Waals surface area contributed by atoms with E-state index >= 15 is 0 Å². The van der Waals surface area contributed by atoms with E-state index in [9.17, 15) is 22.4 Å². The minimum atomic E-state index is -4.64. The molecule has 21 heavy (non-hydrogen) atoms. The van der Waals surface area contributed by atoms with Gasteiger partial charge in [-0.3, -0.25) is 4.79 Å². The molecule has 2 unspecified atom stereocenters. The first kappa shape index (κ1) is 16.0. The molecule has 0 heterocycles. The van der Waals surface area contributed by atoms with Crippen LogP contribution in [0.15, 0.2) is 18.2 Å². The van der Waals surface area contributed by atoms with Crippen molar-refractivity contribution in [2.45, 2.75) is 45.2 Å². The lowest BCUT2D eigenvalue weighted by Gasteiger charge is -2.30. The van der Waals surface area contributed by atoms with Crippen molar-refractivity contribution < 1.29 is 22.4 Å². The Morgan fingerprint density at radius 3 is 2.52 bits per heavy atom. The number of alkyl halides is 3. The van der Waals surface area contributed by atoms with E-state index in [1.54, 1.807) is 0 Å². The molecule has 0 amide bonds. The molecule has 0 N–H and O–H groups in total. The number of hydrogen-bond donors (Lipinski definition) is 0. The van der Waals surface area contributed by atoms with Crippen LogP contribution in [0.1, 0.15) is 54.9 Å². The summed E-state index contributed by atoms with van der Waals surface area (Å²) >= 11 is 0. The van der Waals surface area contributed by atoms with Gasteiger partial charge < -0.3 is 0 Å². The molecule has 0 spiro atoms. The zero-order valence-electron chi connectivity index (χ0n) is 11.8. The zero-order valence-corrected chi connectivity index (χ0v) is 11.8. The molecule has 0 aliphatic heterocycles. The number of Topliss-reactive ketones (excluding diaryl/α,β-unsaturated/α-hetero) is 1. The van der Waals surface area contributed by atoms with Gasteiger partial charge in [-0.1, -0.05) is 26.2 Å². The van der Waals surface area contributed by atoms with Crippen LogP contribution in [0, 0.1) is 17.7 Å². The van der Waals surface area contributed by atoms with Crippen molar-refractivity contribution in [3.8, 4) is 0 Å². The lowest BCUT2D eigenvalue weighted by atomic mass is 9.74. The Hall–Kier alpha value is -1.39. The fourth-order valence-electron chi connectivity index (χ4n) is 3.21. The minimum absolute atomic E-state index is 0.0931. The van der Waals surface area contributed by atoms with Gasteiger partial charge in [0, 0.05) is 11.5 Å². The molecule has 0 radical (unpaired) electrons. The number of halogens is 4. The van der Waals surface area contributed by atoms with Gasteiger partial charge >= 0.3 is 6.18 Å². The van der Waals surface area contributed by atoms with Crippen LogP contribution in [-0.4, -0.2) is 5.78 Å². The molecule has 116 valence electrons. The summed E-state index contributed by atoms with van der Waals surface area (Å²) < 4.78 is 52.4. The zero-order chi connectivity index (χ0) is 15.6. The summed E-state index contributed by atoms with van der Waals surface area (Å²) in [6.45, 7) is 1.94. The fourth-order valence-corrected chi connectivity index (χ4v) is 3.21. The van der Waals surface area contributed by atoms with Crippen LogP contribution >= 0.6 is 0 Å². The number of carbonyl (C=O) groups excluding carboxylic acids is 1. The maximum atomic E-state index is 13.3. The van der Waals surface area contributed by atoms with Crippen LogP contribution in [-0.2, 0) is 6.18 Å². The summed E-state index contributed by atoms with van der Waals surface area (Å²) in [7, 11) is 0. The van der Waals surface area contributed by atoms with Gasteiger partial charge in [0.1, 0.15) is 5.82 Å². The maximum Gasteiger partial charge on any atom is 0.417 e. The SMILES string of the molecule is CCC1CCCCC1C(=O)c1cc(F)ccc1C(F)(F)F. The Bertz CT molecular complexity index is 521. The largest absolute Gasteiger partial charge is 0.417 e. The van der Waals surface area contributed by atoms with Crippen molar-refractivity contribution >= 4 is 5.78 Å². The quantitative estimate of drug-likeness (QED) is 0.551. The summed E-state index contributed by atoms with van der Waals surface area (Å²) in [5.74, 6) is -1.70. The minimum Gasteiger partial charge on any atom is -0.294 e. The number of carbonyl (C=O) groups is 1. The molecule has 5 heteroatoms. The van der Waals surface area contributed by atoms with Crippen LogP contribution in [0.2, 0.25) is 0 Å². The van der Waals surface area contributed by atoms with Crippen molar-refractivity contribution in [2.75, 3.05) is 0 Å². The van der Waals surface area contributed by atoms with Gasteiger partial charge in [-0.2, -0.15) is 13.2 Å². The molecule has 2 atom stereocenters. The average Bonchev–Trinajstić information content (AvgIpc) is 2.45. The van der Waals surface area contributed by atoms with Crippen LogP contribution in [0.5, 0.6) is 0 Å². The summed E-state index contributed by atoms with van der Waals surface area (Å²) in [6.07, 6.45) is -0.613. The van der Waals surface area contributed by atoms with Crippen molar-refractivity contribution in [2.24, 2.45) is 11.8 Å². The van der Waals surface area contributed by atoms with Gasteiger partial charge in [-0.05, 0) is 37.0 Å². The normalized spacial score (nSPS) is 23.1. The fraction of sp³-hybridized carbons (Fsp3) is 0.562. The van der Waals surface area contributed by atoms with Crippen LogP contribution < -0.4 is 0 Å². The number of rotatable bonds is 3. The van der Waals surface area contributed by atoms with Crippen LogP contribution in [0.25, 0.3) is 0 Å². The van der Waals surface area contributed by atoms with Gasteiger partial charge in [0.15, 0.2) is 5.78 Å². The summed E-state index contributed by atoms with van der Waals surface area (Å²) in [5, 5.41) is 0. The van der Waals surface area contributed by atoms with Crippen molar-refractivity contribution in [3.63, 3.8) is 0 Å². The second-order valence-electron chi connectivity index (χ2n) is 5.61. The molecule has 1 fully saturated rings. The van der Waals surface area contributed by atoms with E-state index < -0.39 is 34.8 Å². The summed E-state index contributed by atoms with van der Waals surface area (Å²) in [6, 6.07) is 2.14. The highest BCUT2D eigenvalue weighted by Gasteiger charge is 2.38. The van der Waals surface area contributed by atoms with E-state index in [2.05, 4.69) is 0 Å². The molecule has 0 bridgehead atoms. The van der Waals surface area contributed by atoms with Gasteiger partial charge in [-0.25, -0.2) is 4.39 Å². The molecule has 0 saturated heterocycles. The molecule has 1 aromatic rings. The first-order chi connectivity index (χ1) is 9.84. The van der Waals surface area contributed by atoms with Gasteiger partial charge in [0.05, 0.1) is 5.56 Å². The predicted octanol–water partition coefficient (Wildman–Crippen LogP) is 5.24. The topological polar surface area (TPSA) is 17.1 Å². The third-order valence-electron chi connectivity index (χ3n) is 4.32. The molecule has 2 rings (SSSR count). The first-order valence-electron chi connectivity index (χ1n) is 7.25. The predicted molar refractivity (Wildman–Crippen MR) is 71.5 cm³/mol. The van der Waals surface area contributed by atoms with E-state index in [1.165, 1.54) is 0 Å². The number of ketones is 1. The molecule has 1 aliphatic rings. The standard InChI is InChI=1S/C16H18F4O/c1-2-10-5-3-4-6-12(10)15(21)13-9-11(17)7-8-14(13)16(18,19)20/h7-10,12H,2-6H2,1H3. The Labute approximate surface area is 121 Å². The monoisotopic (exact) mass is 302 g/mol. The van der Waals surface area contributed by atoms with Crippen molar-refractivity contribution in [3.05, 3.63) is 35.1 Å². The third kappa shape index (κ3) is 3.44. The lowest BCUT2D eigenvalue weighted by Crippen LogP contribution is -2.28. The van der Waals surface area contributed by atoms with Gasteiger partial charge in [0.25, 0.3) is 0 Å². The Balaban J connectivity index is 2.40. The maximum absolute atomic E-state index is 13.3. The lowest BCUT2D eigenvalue weighted by molar-refractivity contribution is -0.138. The van der Waals surface area contributed by atoms with Gasteiger partial charge in [-0.15, -0.1) is 0 Å². The molecule has 1 nitrogen and oxygen atoms in total. The molecule has 0 aromatic heterocycles. The highest BCUT2D eigenvalue weighted by atomic mass is 19.4. The third-order valence-corrected chi connectivity index (χ3v) is 4.32. The Morgan fingerprint density at radius 2 is 1.90 bits per heavy atom. The first-order valence-corrected chi connectivity index (χ1v) is 7.25. The smallest absolute Gasteiger partial charge is 0.294 e. The van der Waals surface area contributed by atoms with E-state index in [1.807, 2.05) is 6.92 Å². The van der Waals surface area contributed by atoms with Gasteiger partial charge in [0.2, 0.25) is 0 Å². The van der Waals surface area contributed by atoms with Crippen molar-refractivity contribution in [1.82, 2.24) is 0 Å². The van der Waals surface area contributed by atoms with E-state index in [0.717, 1.165) is 37.8 Å². The van der Waals surface area contributed by atoms with E-state index in [4.69, 9.17) is 0 Å². The highest BCUT2D eigenvalue weighted by molar-refractivity contribution is 5.99. The molecule has 1 aliphatic carbocycles. The van der Waals surface area contributed by atoms with E-state index in [-0.39, 0.29) is 5.92 Å². The summed E-state index contributed by atoms with van der Waals surface area (Å²) in [4.78, 5) is 12.5. The molecular weight excluding hydrogens is 284 g/mol. The average molecular weight is 302 g/mol. The van der Waals surface area contributed by atoms with E-state index in [0.29, 0.717) is 12.5 Å². The highest BCUT2D eigenvalue weighted by Crippen LogP contribution is 2.38. The van der Waals surface area contributed by atoms with Crippen molar-refractivity contribution in [1.29, 1.82) is 0 Å². The molecule has 1 aromatic carbocycles. The second-order valence-corrected chi connectivity index (χ2v) is 5.61. The molecular formula is C16H18F4O. The number of hydrogen-bond acceptors (Lipinski definition) is 1. The molecule has 1 saturated carbocycles. The summed E-state index contributed by atoms with van der Waals surface area (Å²) in [5.41, 5.74) is -1.55. The van der Waals surface area contributed by atoms with Crippen LogP contribution in [0.4, 0.5) is 17.6 Å².